The van der Waals surface area contributed by atoms with Crippen LogP contribution in [0.2, 0.25) is 0 Å². The van der Waals surface area contributed by atoms with Crippen LogP contribution in [0.5, 0.6) is 0 Å². The summed E-state index contributed by atoms with van der Waals surface area (Å²) in [6.07, 6.45) is 0. The van der Waals surface area contributed by atoms with Crippen LogP contribution in [0.4, 0.5) is 11.4 Å². The molecule has 3 rings (SSSR count). The first-order chi connectivity index (χ1) is 12.6. The van der Waals surface area contributed by atoms with Gasteiger partial charge in [0.1, 0.15) is 0 Å². The van der Waals surface area contributed by atoms with Crippen molar-refractivity contribution < 1.29 is 9.59 Å². The summed E-state index contributed by atoms with van der Waals surface area (Å²) in [7, 11) is 0. The van der Waals surface area contributed by atoms with Crippen LogP contribution in [0, 0.1) is 0 Å². The Morgan fingerprint density at radius 3 is 1.54 bits per heavy atom. The van der Waals surface area contributed by atoms with Crippen LogP contribution in [0.15, 0.2) is 84.9 Å². The summed E-state index contributed by atoms with van der Waals surface area (Å²) in [4.78, 5) is 24.7. The highest BCUT2D eigenvalue weighted by molar-refractivity contribution is 6.07. The van der Waals surface area contributed by atoms with E-state index in [1.165, 1.54) is 11.2 Å². The van der Waals surface area contributed by atoms with Gasteiger partial charge in [-0.2, -0.15) is 5.12 Å². The van der Waals surface area contributed by atoms with E-state index in [1.807, 2.05) is 60.7 Å². The highest BCUT2D eigenvalue weighted by Crippen LogP contribution is 2.16. The Balaban J connectivity index is 1.94. The fourth-order valence-corrected chi connectivity index (χ4v) is 2.42. The minimum Gasteiger partial charge on any atom is -0.366 e. The first-order valence-electron chi connectivity index (χ1n) is 8.02. The molecule has 0 aromatic heterocycles. The number of hydrogen-bond donors (Lipinski definition) is 3. The second-order valence-electron chi connectivity index (χ2n) is 5.51. The molecule has 0 aliphatic carbocycles. The monoisotopic (exact) mass is 346 g/mol. The summed E-state index contributed by atoms with van der Waals surface area (Å²) in [5, 5.41) is 1.23. The molecule has 0 radical (unpaired) electrons. The van der Waals surface area contributed by atoms with Crippen LogP contribution < -0.4 is 16.6 Å². The molecule has 130 valence electrons. The lowest BCUT2D eigenvalue weighted by atomic mass is 10.1. The Labute approximate surface area is 151 Å². The first kappa shape index (κ1) is 17.0. The molecule has 6 heteroatoms. The highest BCUT2D eigenvalue weighted by Gasteiger charge is 2.21. The van der Waals surface area contributed by atoms with Crippen molar-refractivity contribution in [3.8, 4) is 0 Å². The molecule has 0 heterocycles. The van der Waals surface area contributed by atoms with Gasteiger partial charge in [0.25, 0.3) is 5.91 Å². The van der Waals surface area contributed by atoms with E-state index in [-0.39, 0.29) is 11.1 Å². The van der Waals surface area contributed by atoms with Crippen LogP contribution in [0.25, 0.3) is 0 Å². The molecule has 0 bridgehead atoms. The Morgan fingerprint density at radius 1 is 0.654 bits per heavy atom. The van der Waals surface area contributed by atoms with E-state index < -0.39 is 11.8 Å². The molecule has 0 atom stereocenters. The molecule has 0 unspecified atom stereocenters. The summed E-state index contributed by atoms with van der Waals surface area (Å²) in [6.45, 7) is 0. The van der Waals surface area contributed by atoms with Crippen molar-refractivity contribution >= 4 is 23.2 Å². The summed E-state index contributed by atoms with van der Waals surface area (Å²) in [6, 6.07) is 24.9. The zero-order valence-corrected chi connectivity index (χ0v) is 13.9. The number of benzene rings is 3. The number of carbonyl (C=O) groups excluding carboxylic acids is 2. The molecule has 3 aromatic carbocycles. The van der Waals surface area contributed by atoms with Gasteiger partial charge in [-0.15, -0.1) is 0 Å². The van der Waals surface area contributed by atoms with Gasteiger partial charge in [-0.05, 0) is 36.4 Å². The Bertz CT molecular complexity index is 856. The SMILES string of the molecule is NC(=O)c1ccccc1C(=O)N(Nc1ccccc1)Nc1ccccc1. The number of primary amides is 1. The van der Waals surface area contributed by atoms with Gasteiger partial charge in [0.05, 0.1) is 22.5 Å². The fraction of sp³-hybridized carbons (Fsp3) is 0. The van der Waals surface area contributed by atoms with Crippen LogP contribution in [0.1, 0.15) is 20.7 Å². The normalized spacial score (nSPS) is 10.0. The van der Waals surface area contributed by atoms with Crippen LogP contribution >= 0.6 is 0 Å². The van der Waals surface area contributed by atoms with Crippen LogP contribution in [-0.4, -0.2) is 16.9 Å². The number of anilines is 2. The van der Waals surface area contributed by atoms with Crippen molar-refractivity contribution in [3.63, 3.8) is 0 Å². The maximum atomic E-state index is 13.1. The number of rotatable bonds is 6. The van der Waals surface area contributed by atoms with Crippen molar-refractivity contribution in [3.05, 3.63) is 96.1 Å². The van der Waals surface area contributed by atoms with Gasteiger partial charge in [0.2, 0.25) is 5.91 Å². The summed E-state index contributed by atoms with van der Waals surface area (Å²) < 4.78 is 0. The third-order valence-electron chi connectivity index (χ3n) is 3.66. The fourth-order valence-electron chi connectivity index (χ4n) is 2.42. The number of para-hydroxylation sites is 2. The maximum absolute atomic E-state index is 13.1. The van der Waals surface area contributed by atoms with Gasteiger partial charge >= 0.3 is 0 Å². The molecule has 3 aromatic rings. The van der Waals surface area contributed by atoms with E-state index in [0.717, 1.165) is 0 Å². The zero-order valence-electron chi connectivity index (χ0n) is 13.9. The summed E-state index contributed by atoms with van der Waals surface area (Å²) in [5.41, 5.74) is 13.2. The molecular formula is C20H18N4O2. The number of nitrogens with two attached hydrogens (primary N) is 1. The first-order valence-corrected chi connectivity index (χ1v) is 8.02. The zero-order chi connectivity index (χ0) is 18.4. The minimum atomic E-state index is -0.659. The smallest absolute Gasteiger partial charge is 0.292 e. The molecule has 2 amide bonds. The summed E-state index contributed by atoms with van der Waals surface area (Å²) in [5.74, 6) is -1.10. The number of hydrazine groups is 2. The molecule has 0 spiro atoms. The lowest BCUT2D eigenvalue weighted by molar-refractivity contribution is 0.0818. The summed E-state index contributed by atoms with van der Waals surface area (Å²) >= 11 is 0. The molecule has 4 N–H and O–H groups in total. The van der Waals surface area contributed by atoms with Gasteiger partial charge in [0, 0.05) is 0 Å². The van der Waals surface area contributed by atoms with E-state index in [0.29, 0.717) is 11.4 Å². The van der Waals surface area contributed by atoms with Crippen LogP contribution in [-0.2, 0) is 0 Å². The van der Waals surface area contributed by atoms with Crippen molar-refractivity contribution in [1.82, 2.24) is 5.12 Å². The van der Waals surface area contributed by atoms with E-state index >= 15 is 0 Å². The van der Waals surface area contributed by atoms with Gasteiger partial charge in [-0.1, -0.05) is 48.5 Å². The second kappa shape index (κ2) is 7.85. The minimum absolute atomic E-state index is 0.159. The largest absolute Gasteiger partial charge is 0.366 e. The molecule has 0 aliphatic heterocycles. The lowest BCUT2D eigenvalue weighted by Gasteiger charge is -2.26. The van der Waals surface area contributed by atoms with E-state index in [4.69, 9.17) is 5.73 Å². The molecule has 6 nitrogen and oxygen atoms in total. The van der Waals surface area contributed by atoms with Crippen molar-refractivity contribution in [2.24, 2.45) is 5.73 Å². The lowest BCUT2D eigenvalue weighted by Crippen LogP contribution is -2.41. The number of nitrogens with one attached hydrogen (secondary N) is 2. The molecular weight excluding hydrogens is 328 g/mol. The molecule has 0 fully saturated rings. The van der Waals surface area contributed by atoms with Gasteiger partial charge in [-0.3, -0.25) is 20.4 Å². The molecule has 26 heavy (non-hydrogen) atoms. The average molecular weight is 346 g/mol. The second-order valence-corrected chi connectivity index (χ2v) is 5.51. The van der Waals surface area contributed by atoms with E-state index in [9.17, 15) is 9.59 Å². The number of hydrogen-bond acceptors (Lipinski definition) is 4. The number of nitrogens with zero attached hydrogens (tertiary/aromatic N) is 1. The van der Waals surface area contributed by atoms with Crippen molar-refractivity contribution in [2.45, 2.75) is 0 Å². The third kappa shape index (κ3) is 3.99. The van der Waals surface area contributed by atoms with Gasteiger partial charge in [0.15, 0.2) is 0 Å². The Morgan fingerprint density at radius 2 is 1.08 bits per heavy atom. The molecule has 0 aliphatic rings. The van der Waals surface area contributed by atoms with Gasteiger partial charge in [-0.25, -0.2) is 0 Å². The third-order valence-corrected chi connectivity index (χ3v) is 3.66. The number of carbonyl (C=O) groups is 2. The number of amides is 2. The van der Waals surface area contributed by atoms with E-state index in [2.05, 4.69) is 10.9 Å². The topological polar surface area (TPSA) is 87.5 Å². The van der Waals surface area contributed by atoms with Gasteiger partial charge < -0.3 is 5.73 Å². The quantitative estimate of drug-likeness (QED) is 0.598. The maximum Gasteiger partial charge on any atom is 0.292 e. The highest BCUT2D eigenvalue weighted by atomic mass is 16.2. The Kier molecular flexibility index (Phi) is 5.14. The van der Waals surface area contributed by atoms with Crippen molar-refractivity contribution in [2.75, 3.05) is 10.9 Å². The Hall–Kier alpha value is -3.80. The van der Waals surface area contributed by atoms with Crippen LogP contribution in [0.3, 0.4) is 0 Å². The van der Waals surface area contributed by atoms with E-state index in [1.54, 1.807) is 18.2 Å². The molecule has 0 saturated heterocycles. The molecule has 0 saturated carbocycles. The predicted octanol–water partition coefficient (Wildman–Crippen LogP) is 3.28. The standard InChI is InChI=1S/C20H18N4O2/c21-19(25)17-13-7-8-14-18(17)20(26)24(22-15-9-3-1-4-10-15)23-16-11-5-2-6-12-16/h1-14,22-23H,(H2,21,25). The predicted molar refractivity (Wildman–Crippen MR) is 101 cm³/mol. The van der Waals surface area contributed by atoms with Crippen molar-refractivity contribution in [1.29, 1.82) is 0 Å². The average Bonchev–Trinajstić information content (AvgIpc) is 2.68.